The van der Waals surface area contributed by atoms with Crippen molar-refractivity contribution >= 4 is 7.82 Å². The van der Waals surface area contributed by atoms with Gasteiger partial charge in [0.1, 0.15) is 12.3 Å². The van der Waals surface area contributed by atoms with E-state index < -0.39 is 26.2 Å². The Kier molecular flexibility index (Phi) is 11.2. The zero-order valence-electron chi connectivity index (χ0n) is 24.0. The van der Waals surface area contributed by atoms with Crippen molar-refractivity contribution in [1.29, 1.82) is 0 Å². The molecule has 39 heavy (non-hydrogen) atoms. The van der Waals surface area contributed by atoms with Crippen molar-refractivity contribution in [2.75, 3.05) is 20.3 Å². The maximum atomic E-state index is 14.3. The van der Waals surface area contributed by atoms with Crippen molar-refractivity contribution in [2.24, 2.45) is 23.7 Å². The summed E-state index contributed by atoms with van der Waals surface area (Å²) in [6.45, 7) is 0.769. The Morgan fingerprint density at radius 2 is 1.44 bits per heavy atom. The smallest absolute Gasteiger partial charge is 0.393 e. The number of phosphoric ester groups is 1. The number of fused-ring (bicyclic) bond motifs is 1. The van der Waals surface area contributed by atoms with E-state index in [0.717, 1.165) is 51.4 Å². The van der Waals surface area contributed by atoms with E-state index in [1.54, 1.807) is 7.11 Å². The Morgan fingerprint density at radius 1 is 0.795 bits per heavy atom. The van der Waals surface area contributed by atoms with Crippen LogP contribution >= 0.6 is 7.82 Å². The molecule has 0 bridgehead atoms. The van der Waals surface area contributed by atoms with Crippen molar-refractivity contribution < 1.29 is 32.4 Å². The molecule has 9 heteroatoms. The maximum absolute atomic E-state index is 14.3. The maximum Gasteiger partial charge on any atom is 0.475 e. The van der Waals surface area contributed by atoms with E-state index in [2.05, 4.69) is 5.32 Å². The van der Waals surface area contributed by atoms with Gasteiger partial charge in [0.2, 0.25) is 0 Å². The van der Waals surface area contributed by atoms with Crippen LogP contribution in [0, 0.1) is 23.7 Å². The molecule has 0 spiro atoms. The lowest BCUT2D eigenvalue weighted by Crippen LogP contribution is -2.64. The average Bonchev–Trinajstić information content (AvgIpc) is 2.96. The number of hydrogen-bond donors (Lipinski definition) is 2. The summed E-state index contributed by atoms with van der Waals surface area (Å²) < 4.78 is 53.0. The second-order valence-corrected chi connectivity index (χ2v) is 14.9. The number of halogens is 1. The van der Waals surface area contributed by atoms with Crippen molar-refractivity contribution in [2.45, 2.75) is 146 Å². The number of phosphoric acid groups is 1. The molecule has 4 saturated carbocycles. The summed E-state index contributed by atoms with van der Waals surface area (Å²) in [5, 5.41) is 15.2. The third-order valence-corrected chi connectivity index (χ3v) is 11.9. The van der Waals surface area contributed by atoms with E-state index in [4.69, 9.17) is 18.3 Å². The first kappa shape index (κ1) is 30.4. The van der Waals surface area contributed by atoms with Crippen LogP contribution in [0.3, 0.4) is 0 Å². The molecule has 1 saturated heterocycles. The zero-order chi connectivity index (χ0) is 27.2. The summed E-state index contributed by atoms with van der Waals surface area (Å²) in [5.74, 6) is 0.717. The minimum atomic E-state index is -3.88. The quantitative estimate of drug-likeness (QED) is 0.281. The molecule has 2 N–H and O–H groups in total. The van der Waals surface area contributed by atoms with Crippen LogP contribution in [0.4, 0.5) is 4.39 Å². The minimum absolute atomic E-state index is 0.000256. The lowest BCUT2D eigenvalue weighted by molar-refractivity contribution is -0.128. The molecule has 7 nitrogen and oxygen atoms in total. The van der Waals surface area contributed by atoms with E-state index in [-0.39, 0.29) is 30.0 Å². The van der Waals surface area contributed by atoms with Gasteiger partial charge in [-0.2, -0.15) is 0 Å². The molecule has 8 unspecified atom stereocenters. The van der Waals surface area contributed by atoms with E-state index in [0.29, 0.717) is 44.3 Å². The van der Waals surface area contributed by atoms with Crippen LogP contribution in [-0.4, -0.2) is 62.0 Å². The number of aliphatic hydroxyl groups excluding tert-OH is 1. The summed E-state index contributed by atoms with van der Waals surface area (Å²) in [7, 11) is -2.22. The minimum Gasteiger partial charge on any atom is -0.393 e. The Balaban J connectivity index is 1.28. The zero-order valence-corrected chi connectivity index (χ0v) is 24.9. The molecule has 5 fully saturated rings. The Hall–Kier alpha value is -0.0800. The molecule has 0 radical (unpaired) electrons. The van der Waals surface area contributed by atoms with Crippen LogP contribution in [0.2, 0.25) is 0 Å². The summed E-state index contributed by atoms with van der Waals surface area (Å²) >= 11 is 0. The van der Waals surface area contributed by atoms with Crippen LogP contribution in [0.15, 0.2) is 0 Å². The van der Waals surface area contributed by atoms with Crippen LogP contribution < -0.4 is 5.32 Å². The third kappa shape index (κ3) is 8.06. The summed E-state index contributed by atoms with van der Waals surface area (Å²) in [6, 6.07) is 0.0942. The van der Waals surface area contributed by atoms with Crippen LogP contribution in [0.25, 0.3) is 0 Å². The second kappa shape index (κ2) is 14.4. The van der Waals surface area contributed by atoms with Gasteiger partial charge in [-0.1, -0.05) is 44.9 Å². The number of ether oxygens (including phenoxy) is 1. The van der Waals surface area contributed by atoms with Gasteiger partial charge >= 0.3 is 7.82 Å². The monoisotopic (exact) mass is 573 g/mol. The largest absolute Gasteiger partial charge is 0.475 e. The van der Waals surface area contributed by atoms with Gasteiger partial charge < -0.3 is 15.2 Å². The van der Waals surface area contributed by atoms with E-state index in [9.17, 15) is 14.1 Å². The molecule has 226 valence electrons. The predicted octanol–water partition coefficient (Wildman–Crippen LogP) is 6.72. The molecule has 1 heterocycles. The fourth-order valence-electron chi connectivity index (χ4n) is 8.22. The lowest BCUT2D eigenvalue weighted by atomic mass is 9.69. The molecular weight excluding hydrogens is 520 g/mol. The highest BCUT2D eigenvalue weighted by Crippen LogP contribution is 2.55. The van der Waals surface area contributed by atoms with Gasteiger partial charge in [0, 0.05) is 25.1 Å². The van der Waals surface area contributed by atoms with Crippen LogP contribution in [0.1, 0.15) is 109 Å². The van der Waals surface area contributed by atoms with Gasteiger partial charge in [-0.05, 0) is 82.0 Å². The first-order valence-electron chi connectivity index (χ1n) is 16.1. The van der Waals surface area contributed by atoms with Gasteiger partial charge in [-0.25, -0.2) is 8.96 Å². The second-order valence-electron chi connectivity index (χ2n) is 13.3. The molecule has 1 aliphatic heterocycles. The summed E-state index contributed by atoms with van der Waals surface area (Å²) in [6.07, 6.45) is 14.5. The highest BCUT2D eigenvalue weighted by molar-refractivity contribution is 7.48. The number of methoxy groups -OCH3 is 1. The third-order valence-electron chi connectivity index (χ3n) is 10.5. The molecule has 5 aliphatic rings. The first-order valence-corrected chi connectivity index (χ1v) is 17.6. The summed E-state index contributed by atoms with van der Waals surface area (Å²) in [5.41, 5.74) is 0. The summed E-state index contributed by atoms with van der Waals surface area (Å²) in [4.78, 5) is 0. The van der Waals surface area contributed by atoms with Gasteiger partial charge in [0.05, 0.1) is 25.4 Å². The lowest BCUT2D eigenvalue weighted by Gasteiger charge is -2.51. The number of aliphatic hydroxyl groups is 1. The van der Waals surface area contributed by atoms with Gasteiger partial charge in [-0.3, -0.25) is 13.6 Å². The number of rotatable bonds is 10. The molecule has 0 aromatic rings. The molecule has 0 aromatic carbocycles. The number of piperidine rings is 1. The van der Waals surface area contributed by atoms with Crippen LogP contribution in [-0.2, 0) is 22.9 Å². The Morgan fingerprint density at radius 3 is 2.03 bits per heavy atom. The molecule has 0 aromatic heterocycles. The molecule has 4 aliphatic carbocycles. The fraction of sp³-hybridized carbons (Fsp3) is 1.00. The predicted molar refractivity (Wildman–Crippen MR) is 149 cm³/mol. The average molecular weight is 574 g/mol. The standard InChI is InChI=1S/C30H53FNO6P/c1-35-28-16-15-25-29(27(33)18-26(32-25)23-13-8-14-24(31)17-23)30(28)38-39(34,36-19-21-9-4-2-5-10-21)37-20-22-11-6-3-7-12-22/h21-30,32-33H,2-20H2,1H3. The Labute approximate surface area is 235 Å². The van der Waals surface area contributed by atoms with Crippen molar-refractivity contribution in [3.8, 4) is 0 Å². The number of hydrogen-bond acceptors (Lipinski definition) is 7. The highest BCUT2D eigenvalue weighted by Gasteiger charge is 2.52. The van der Waals surface area contributed by atoms with E-state index in [1.165, 1.54) is 38.5 Å². The number of nitrogens with one attached hydrogen (secondary N) is 1. The molecule has 8 atom stereocenters. The molecule has 5 rings (SSSR count). The number of alkyl halides is 1. The molecule has 0 amide bonds. The van der Waals surface area contributed by atoms with Gasteiger partial charge in [-0.15, -0.1) is 0 Å². The normalized spacial score (nSPS) is 39.4. The highest BCUT2D eigenvalue weighted by atomic mass is 31.2. The van der Waals surface area contributed by atoms with Gasteiger partial charge in [0.25, 0.3) is 0 Å². The van der Waals surface area contributed by atoms with Gasteiger partial charge in [0.15, 0.2) is 0 Å². The fourth-order valence-corrected chi connectivity index (χ4v) is 9.77. The first-order chi connectivity index (χ1) is 18.9. The topological polar surface area (TPSA) is 86.2 Å². The van der Waals surface area contributed by atoms with E-state index >= 15 is 0 Å². The van der Waals surface area contributed by atoms with E-state index in [1.807, 2.05) is 0 Å². The van der Waals surface area contributed by atoms with Crippen molar-refractivity contribution in [3.63, 3.8) is 0 Å². The van der Waals surface area contributed by atoms with Crippen LogP contribution in [0.5, 0.6) is 0 Å². The van der Waals surface area contributed by atoms with Crippen molar-refractivity contribution in [1.82, 2.24) is 5.32 Å². The Bertz CT molecular complexity index is 767. The molecular formula is C30H53FNO6P. The SMILES string of the molecule is COC1CCC2NC(C3CCCC(F)C3)CC(O)C2C1OP(=O)(OCC1CCCCC1)OCC1CCCCC1. The van der Waals surface area contributed by atoms with Crippen molar-refractivity contribution in [3.05, 3.63) is 0 Å².